The Morgan fingerprint density at radius 1 is 1.24 bits per heavy atom. The number of piperidine rings is 1. The molecule has 3 nitrogen and oxygen atoms in total. The minimum atomic E-state index is 0.647. The first-order valence-electron chi connectivity index (χ1n) is 6.30. The molecule has 0 amide bonds. The van der Waals surface area contributed by atoms with E-state index in [2.05, 4.69) is 11.4 Å². The molecule has 0 atom stereocenters. The van der Waals surface area contributed by atoms with Crippen molar-refractivity contribution in [2.75, 3.05) is 26.8 Å². The van der Waals surface area contributed by atoms with E-state index in [1.165, 1.54) is 12.8 Å². The van der Waals surface area contributed by atoms with Crippen LogP contribution in [0.5, 0.6) is 5.75 Å². The molecule has 17 heavy (non-hydrogen) atoms. The third-order valence-corrected chi connectivity index (χ3v) is 3.26. The van der Waals surface area contributed by atoms with Crippen LogP contribution in [0.1, 0.15) is 18.4 Å². The van der Waals surface area contributed by atoms with Crippen LogP contribution in [0.15, 0.2) is 24.3 Å². The van der Waals surface area contributed by atoms with Gasteiger partial charge in [-0.05, 0) is 37.9 Å². The molecule has 0 aromatic heterocycles. The van der Waals surface area contributed by atoms with Gasteiger partial charge in [0.15, 0.2) is 0 Å². The van der Waals surface area contributed by atoms with Crippen molar-refractivity contribution < 1.29 is 9.47 Å². The normalized spacial score (nSPS) is 17.0. The number of rotatable bonds is 5. The summed E-state index contributed by atoms with van der Waals surface area (Å²) in [6.45, 7) is 3.76. The van der Waals surface area contributed by atoms with Crippen molar-refractivity contribution >= 4 is 0 Å². The summed E-state index contributed by atoms with van der Waals surface area (Å²) in [6, 6.07) is 8.03. The fraction of sp³-hybridized carbons (Fsp3) is 0.571. The van der Waals surface area contributed by atoms with Crippen LogP contribution in [0.2, 0.25) is 0 Å². The molecule has 1 N–H and O–H groups in total. The minimum absolute atomic E-state index is 0.647. The molecule has 1 heterocycles. The minimum Gasteiger partial charge on any atom is -0.496 e. The summed E-state index contributed by atoms with van der Waals surface area (Å²) >= 11 is 0. The highest BCUT2D eigenvalue weighted by atomic mass is 16.5. The lowest BCUT2D eigenvalue weighted by Crippen LogP contribution is -2.29. The molecule has 0 unspecified atom stereocenters. The molecule has 1 aromatic rings. The number of benzene rings is 1. The maximum absolute atomic E-state index is 5.79. The van der Waals surface area contributed by atoms with Gasteiger partial charge in [0, 0.05) is 12.2 Å². The predicted octanol–water partition coefficient (Wildman–Crippen LogP) is 2.21. The number of para-hydroxylation sites is 1. The van der Waals surface area contributed by atoms with E-state index in [1.807, 2.05) is 18.2 Å². The third-order valence-electron chi connectivity index (χ3n) is 3.26. The highest BCUT2D eigenvalue weighted by Gasteiger charge is 2.13. The zero-order chi connectivity index (χ0) is 11.9. The van der Waals surface area contributed by atoms with Crippen molar-refractivity contribution in [1.82, 2.24) is 5.32 Å². The van der Waals surface area contributed by atoms with Gasteiger partial charge in [0.1, 0.15) is 5.75 Å². The Hall–Kier alpha value is -1.06. The molecule has 1 aliphatic heterocycles. The molecule has 0 saturated carbocycles. The topological polar surface area (TPSA) is 30.5 Å². The van der Waals surface area contributed by atoms with Gasteiger partial charge in [0.25, 0.3) is 0 Å². The first-order chi connectivity index (χ1) is 8.40. The van der Waals surface area contributed by atoms with Gasteiger partial charge in [-0.25, -0.2) is 0 Å². The quantitative estimate of drug-likeness (QED) is 0.848. The van der Waals surface area contributed by atoms with E-state index in [1.54, 1.807) is 7.11 Å². The first kappa shape index (κ1) is 12.4. The van der Waals surface area contributed by atoms with E-state index in [0.717, 1.165) is 31.0 Å². The second-order valence-corrected chi connectivity index (χ2v) is 4.52. The first-order valence-corrected chi connectivity index (χ1v) is 6.30. The van der Waals surface area contributed by atoms with Crippen LogP contribution >= 0.6 is 0 Å². The largest absolute Gasteiger partial charge is 0.496 e. The van der Waals surface area contributed by atoms with Crippen molar-refractivity contribution in [1.29, 1.82) is 0 Å². The average molecular weight is 235 g/mol. The Kier molecular flexibility index (Phi) is 4.83. The summed E-state index contributed by atoms with van der Waals surface area (Å²) in [5.41, 5.74) is 1.13. The smallest absolute Gasteiger partial charge is 0.124 e. The van der Waals surface area contributed by atoms with E-state index in [9.17, 15) is 0 Å². The molecule has 0 spiro atoms. The number of nitrogens with one attached hydrogen (secondary N) is 1. The Morgan fingerprint density at radius 2 is 2.00 bits per heavy atom. The van der Waals surface area contributed by atoms with Gasteiger partial charge in [-0.1, -0.05) is 18.2 Å². The summed E-state index contributed by atoms with van der Waals surface area (Å²) in [5, 5.41) is 3.37. The molecule has 0 radical (unpaired) electrons. The van der Waals surface area contributed by atoms with Crippen LogP contribution in [0.3, 0.4) is 0 Å². The molecule has 1 aromatic carbocycles. The van der Waals surface area contributed by atoms with Gasteiger partial charge in [0.2, 0.25) is 0 Å². The SMILES string of the molecule is COc1ccccc1COCC1CCNCC1. The van der Waals surface area contributed by atoms with E-state index in [0.29, 0.717) is 12.5 Å². The molecule has 0 aliphatic carbocycles. The van der Waals surface area contributed by atoms with E-state index >= 15 is 0 Å². The lowest BCUT2D eigenvalue weighted by Gasteiger charge is -2.22. The Bertz CT molecular complexity index is 335. The summed E-state index contributed by atoms with van der Waals surface area (Å²) < 4.78 is 11.1. The molecule has 1 fully saturated rings. The number of methoxy groups -OCH3 is 1. The van der Waals surface area contributed by atoms with Crippen molar-refractivity contribution in [3.8, 4) is 5.75 Å². The van der Waals surface area contributed by atoms with E-state index in [-0.39, 0.29) is 0 Å². The Morgan fingerprint density at radius 3 is 2.76 bits per heavy atom. The summed E-state index contributed by atoms with van der Waals surface area (Å²) in [7, 11) is 1.70. The molecule has 0 bridgehead atoms. The van der Waals surface area contributed by atoms with Crippen LogP contribution in [0.4, 0.5) is 0 Å². The summed E-state index contributed by atoms with van der Waals surface area (Å²) in [5.74, 6) is 1.63. The second-order valence-electron chi connectivity index (χ2n) is 4.52. The molecule has 1 aliphatic rings. The maximum Gasteiger partial charge on any atom is 0.124 e. The molecule has 3 heteroatoms. The van der Waals surface area contributed by atoms with Crippen molar-refractivity contribution in [3.05, 3.63) is 29.8 Å². The van der Waals surface area contributed by atoms with E-state index < -0.39 is 0 Å². The van der Waals surface area contributed by atoms with Gasteiger partial charge in [-0.15, -0.1) is 0 Å². The number of hydrogen-bond donors (Lipinski definition) is 1. The molecular weight excluding hydrogens is 214 g/mol. The van der Waals surface area contributed by atoms with Gasteiger partial charge < -0.3 is 14.8 Å². The summed E-state index contributed by atoms with van der Waals surface area (Å²) in [4.78, 5) is 0. The average Bonchev–Trinajstić information content (AvgIpc) is 2.40. The monoisotopic (exact) mass is 235 g/mol. The lowest BCUT2D eigenvalue weighted by atomic mass is 9.99. The zero-order valence-electron chi connectivity index (χ0n) is 10.4. The van der Waals surface area contributed by atoms with Gasteiger partial charge in [0.05, 0.1) is 13.7 Å². The van der Waals surface area contributed by atoms with Crippen LogP contribution in [-0.2, 0) is 11.3 Å². The van der Waals surface area contributed by atoms with Gasteiger partial charge in [-0.2, -0.15) is 0 Å². The fourth-order valence-corrected chi connectivity index (χ4v) is 2.21. The zero-order valence-corrected chi connectivity index (χ0v) is 10.4. The van der Waals surface area contributed by atoms with Crippen LogP contribution in [-0.4, -0.2) is 26.8 Å². The van der Waals surface area contributed by atoms with Crippen molar-refractivity contribution in [3.63, 3.8) is 0 Å². The van der Waals surface area contributed by atoms with E-state index in [4.69, 9.17) is 9.47 Å². The Balaban J connectivity index is 1.77. The third kappa shape index (κ3) is 3.72. The van der Waals surface area contributed by atoms with Crippen LogP contribution in [0, 0.1) is 5.92 Å². The number of ether oxygens (including phenoxy) is 2. The standard InChI is InChI=1S/C14H21NO2/c1-16-14-5-3-2-4-13(14)11-17-10-12-6-8-15-9-7-12/h2-5,12,15H,6-11H2,1H3. The molecule has 94 valence electrons. The number of hydrogen-bond acceptors (Lipinski definition) is 3. The highest BCUT2D eigenvalue weighted by Crippen LogP contribution is 2.19. The molecule has 1 saturated heterocycles. The lowest BCUT2D eigenvalue weighted by molar-refractivity contribution is 0.0751. The van der Waals surface area contributed by atoms with Gasteiger partial charge in [-0.3, -0.25) is 0 Å². The summed E-state index contributed by atoms with van der Waals surface area (Å²) in [6.07, 6.45) is 2.46. The van der Waals surface area contributed by atoms with Crippen LogP contribution in [0.25, 0.3) is 0 Å². The maximum atomic E-state index is 5.79. The van der Waals surface area contributed by atoms with Crippen molar-refractivity contribution in [2.24, 2.45) is 5.92 Å². The second kappa shape index (κ2) is 6.62. The predicted molar refractivity (Wildman–Crippen MR) is 68.2 cm³/mol. The Labute approximate surface area is 103 Å². The molecule has 2 rings (SSSR count). The van der Waals surface area contributed by atoms with Crippen LogP contribution < -0.4 is 10.1 Å². The van der Waals surface area contributed by atoms with Gasteiger partial charge >= 0.3 is 0 Å². The fourth-order valence-electron chi connectivity index (χ4n) is 2.21. The highest BCUT2D eigenvalue weighted by molar-refractivity contribution is 5.32. The van der Waals surface area contributed by atoms with Crippen molar-refractivity contribution in [2.45, 2.75) is 19.4 Å². The molecular formula is C14H21NO2.